The van der Waals surface area contributed by atoms with Crippen LogP contribution in [0.1, 0.15) is 27.7 Å². The Morgan fingerprint density at radius 3 is 2.59 bits per heavy atom. The zero-order valence-corrected chi connectivity index (χ0v) is 17.3. The molecule has 0 spiro atoms. The molecule has 1 aromatic carbocycles. The molecule has 0 saturated carbocycles. The lowest BCUT2D eigenvalue weighted by atomic mass is 10.2. The standard InChI is InChI=1S/C18H23ClN4O3S/c1-10(2)8-23-16(25)13-6-5-12(19)7-14(13)21-18(23)27-9-15(24)22-17(26)20-11(3)4/h5-7,10-11H,8-9H2,1-4H3,(H2,20,22,24,26). The summed E-state index contributed by atoms with van der Waals surface area (Å²) in [7, 11) is 0. The van der Waals surface area contributed by atoms with Gasteiger partial charge in [0.1, 0.15) is 0 Å². The minimum Gasteiger partial charge on any atom is -0.336 e. The van der Waals surface area contributed by atoms with Crippen molar-refractivity contribution in [3.63, 3.8) is 0 Å². The van der Waals surface area contributed by atoms with Crippen molar-refractivity contribution in [1.82, 2.24) is 20.2 Å². The molecule has 0 saturated heterocycles. The summed E-state index contributed by atoms with van der Waals surface area (Å²) < 4.78 is 1.56. The Kier molecular flexibility index (Phi) is 7.26. The maximum atomic E-state index is 12.8. The van der Waals surface area contributed by atoms with E-state index in [0.717, 1.165) is 11.8 Å². The smallest absolute Gasteiger partial charge is 0.321 e. The van der Waals surface area contributed by atoms with Crippen LogP contribution >= 0.6 is 23.4 Å². The van der Waals surface area contributed by atoms with E-state index in [-0.39, 0.29) is 23.3 Å². The van der Waals surface area contributed by atoms with Gasteiger partial charge in [-0.1, -0.05) is 37.2 Å². The predicted molar refractivity (Wildman–Crippen MR) is 108 cm³/mol. The summed E-state index contributed by atoms with van der Waals surface area (Å²) in [6, 6.07) is 4.31. The van der Waals surface area contributed by atoms with Gasteiger partial charge in [-0.15, -0.1) is 0 Å². The summed E-state index contributed by atoms with van der Waals surface area (Å²) >= 11 is 7.12. The van der Waals surface area contributed by atoms with Crippen molar-refractivity contribution < 1.29 is 9.59 Å². The number of fused-ring (bicyclic) bond motifs is 1. The molecule has 0 fully saturated rings. The molecule has 0 aliphatic rings. The van der Waals surface area contributed by atoms with E-state index in [1.165, 1.54) is 0 Å². The highest BCUT2D eigenvalue weighted by atomic mass is 35.5. The average Bonchev–Trinajstić information content (AvgIpc) is 2.54. The number of amides is 3. The monoisotopic (exact) mass is 410 g/mol. The van der Waals surface area contributed by atoms with Gasteiger partial charge in [0, 0.05) is 17.6 Å². The third kappa shape index (κ3) is 5.97. The molecule has 7 nitrogen and oxygen atoms in total. The van der Waals surface area contributed by atoms with Crippen molar-refractivity contribution in [2.24, 2.45) is 5.92 Å². The maximum Gasteiger partial charge on any atom is 0.321 e. The van der Waals surface area contributed by atoms with Crippen LogP contribution < -0.4 is 16.2 Å². The van der Waals surface area contributed by atoms with E-state index in [4.69, 9.17) is 11.6 Å². The van der Waals surface area contributed by atoms with Gasteiger partial charge in [0.15, 0.2) is 5.16 Å². The van der Waals surface area contributed by atoms with Crippen molar-refractivity contribution >= 4 is 46.2 Å². The van der Waals surface area contributed by atoms with Crippen LogP contribution in [0.5, 0.6) is 0 Å². The molecule has 2 N–H and O–H groups in total. The molecule has 2 rings (SSSR count). The predicted octanol–water partition coefficient (Wildman–Crippen LogP) is 3.03. The first-order chi connectivity index (χ1) is 12.7. The first kappa shape index (κ1) is 21.2. The van der Waals surface area contributed by atoms with E-state index in [9.17, 15) is 14.4 Å². The van der Waals surface area contributed by atoms with E-state index in [0.29, 0.717) is 27.6 Å². The summed E-state index contributed by atoms with van der Waals surface area (Å²) in [5.41, 5.74) is 0.304. The number of rotatable bonds is 6. The molecule has 0 radical (unpaired) electrons. The Morgan fingerprint density at radius 1 is 1.26 bits per heavy atom. The normalized spacial score (nSPS) is 11.2. The number of thioether (sulfide) groups is 1. The van der Waals surface area contributed by atoms with Gasteiger partial charge in [-0.2, -0.15) is 0 Å². The van der Waals surface area contributed by atoms with Crippen LogP contribution in [0.2, 0.25) is 5.02 Å². The summed E-state index contributed by atoms with van der Waals surface area (Å²) in [5.74, 6) is -0.281. The minimum absolute atomic E-state index is 0.0396. The third-order valence-electron chi connectivity index (χ3n) is 3.44. The lowest BCUT2D eigenvalue weighted by Crippen LogP contribution is -2.43. The van der Waals surface area contributed by atoms with E-state index in [1.54, 1.807) is 36.6 Å². The topological polar surface area (TPSA) is 93.1 Å². The number of nitrogens with zero attached hydrogens (tertiary/aromatic N) is 2. The second kappa shape index (κ2) is 9.23. The van der Waals surface area contributed by atoms with Crippen LogP contribution in [0.25, 0.3) is 10.9 Å². The Hall–Kier alpha value is -2.06. The number of carbonyl (C=O) groups excluding carboxylic acids is 2. The van der Waals surface area contributed by atoms with Crippen LogP contribution in [-0.2, 0) is 11.3 Å². The summed E-state index contributed by atoms with van der Waals surface area (Å²) in [6.45, 7) is 8.06. The third-order valence-corrected chi connectivity index (χ3v) is 4.65. The molecule has 1 aromatic heterocycles. The largest absolute Gasteiger partial charge is 0.336 e. The Labute approximate surface area is 166 Å². The van der Waals surface area contributed by atoms with E-state index in [1.807, 2.05) is 13.8 Å². The fraction of sp³-hybridized carbons (Fsp3) is 0.444. The Morgan fingerprint density at radius 2 is 1.96 bits per heavy atom. The van der Waals surface area contributed by atoms with Gasteiger partial charge < -0.3 is 5.32 Å². The van der Waals surface area contributed by atoms with Crippen LogP contribution in [0, 0.1) is 5.92 Å². The molecular formula is C18H23ClN4O3S. The molecule has 27 heavy (non-hydrogen) atoms. The van der Waals surface area contributed by atoms with Crippen molar-refractivity contribution in [3.05, 3.63) is 33.6 Å². The summed E-state index contributed by atoms with van der Waals surface area (Å²) in [6.07, 6.45) is 0. The SMILES string of the molecule is CC(C)Cn1c(SCC(=O)NC(=O)NC(C)C)nc2cc(Cl)ccc2c1=O. The van der Waals surface area contributed by atoms with Crippen LogP contribution in [0.3, 0.4) is 0 Å². The first-order valence-electron chi connectivity index (χ1n) is 8.60. The number of imide groups is 1. The fourth-order valence-corrected chi connectivity index (χ4v) is 3.38. The van der Waals surface area contributed by atoms with Gasteiger partial charge in [0.2, 0.25) is 5.91 Å². The van der Waals surface area contributed by atoms with E-state index < -0.39 is 11.9 Å². The van der Waals surface area contributed by atoms with Crippen molar-refractivity contribution in [1.29, 1.82) is 0 Å². The summed E-state index contributed by atoms with van der Waals surface area (Å²) in [4.78, 5) is 41.0. The van der Waals surface area contributed by atoms with Gasteiger partial charge in [-0.25, -0.2) is 9.78 Å². The number of benzene rings is 1. The highest BCUT2D eigenvalue weighted by Gasteiger charge is 2.16. The zero-order valence-electron chi connectivity index (χ0n) is 15.7. The van der Waals surface area contributed by atoms with Gasteiger partial charge in [-0.05, 0) is 38.0 Å². The molecule has 0 bridgehead atoms. The second-order valence-electron chi connectivity index (χ2n) is 6.83. The number of nitrogens with one attached hydrogen (secondary N) is 2. The second-order valence-corrected chi connectivity index (χ2v) is 8.21. The number of halogens is 1. The highest BCUT2D eigenvalue weighted by molar-refractivity contribution is 7.99. The van der Waals surface area contributed by atoms with Gasteiger partial charge in [0.25, 0.3) is 5.56 Å². The highest BCUT2D eigenvalue weighted by Crippen LogP contribution is 2.21. The molecule has 0 atom stereocenters. The molecular weight excluding hydrogens is 388 g/mol. The van der Waals surface area contributed by atoms with Gasteiger partial charge in [0.05, 0.1) is 16.7 Å². The number of aromatic nitrogens is 2. The lowest BCUT2D eigenvalue weighted by Gasteiger charge is -2.15. The molecule has 9 heteroatoms. The number of hydrogen-bond donors (Lipinski definition) is 2. The maximum absolute atomic E-state index is 12.8. The molecule has 0 unspecified atom stereocenters. The summed E-state index contributed by atoms with van der Waals surface area (Å²) in [5, 5.41) is 6.22. The molecule has 0 aliphatic carbocycles. The average molecular weight is 411 g/mol. The van der Waals surface area contributed by atoms with Crippen LogP contribution in [0.4, 0.5) is 4.79 Å². The number of carbonyl (C=O) groups is 2. The van der Waals surface area contributed by atoms with E-state index in [2.05, 4.69) is 15.6 Å². The lowest BCUT2D eigenvalue weighted by molar-refractivity contribution is -0.117. The molecule has 0 aliphatic heterocycles. The fourth-order valence-electron chi connectivity index (χ4n) is 2.40. The first-order valence-corrected chi connectivity index (χ1v) is 9.97. The Balaban J connectivity index is 2.26. The van der Waals surface area contributed by atoms with Crippen molar-refractivity contribution in [2.75, 3.05) is 5.75 Å². The molecule has 1 heterocycles. The quantitative estimate of drug-likeness (QED) is 0.564. The van der Waals surface area contributed by atoms with Gasteiger partial charge >= 0.3 is 6.03 Å². The molecule has 146 valence electrons. The zero-order chi connectivity index (χ0) is 20.1. The molecule has 3 amide bonds. The van der Waals surface area contributed by atoms with Crippen LogP contribution in [-0.4, -0.2) is 33.3 Å². The van der Waals surface area contributed by atoms with Crippen molar-refractivity contribution in [2.45, 2.75) is 45.4 Å². The van der Waals surface area contributed by atoms with Gasteiger partial charge in [-0.3, -0.25) is 19.5 Å². The minimum atomic E-state index is -0.548. The number of hydrogen-bond acceptors (Lipinski definition) is 5. The van der Waals surface area contributed by atoms with E-state index >= 15 is 0 Å². The Bertz CT molecular complexity index is 911. The molecule has 2 aromatic rings. The van der Waals surface area contributed by atoms with Crippen LogP contribution in [0.15, 0.2) is 28.2 Å². The van der Waals surface area contributed by atoms with Crippen molar-refractivity contribution in [3.8, 4) is 0 Å². The number of urea groups is 1.